The van der Waals surface area contributed by atoms with Crippen LogP contribution in [0.3, 0.4) is 0 Å². The number of sulfonamides is 1. The van der Waals surface area contributed by atoms with Gasteiger partial charge in [-0.25, -0.2) is 8.42 Å². The maximum atomic E-state index is 12.8. The zero-order valence-corrected chi connectivity index (χ0v) is 13.7. The Morgan fingerprint density at radius 1 is 1.20 bits per heavy atom. The van der Waals surface area contributed by atoms with E-state index >= 15 is 0 Å². The molecule has 114 valence electrons. The Kier molecular flexibility index (Phi) is 5.56. The molecule has 20 heavy (non-hydrogen) atoms. The second kappa shape index (κ2) is 6.56. The number of benzene rings is 1. The number of nitrogens with two attached hydrogens (primary N) is 1. The van der Waals surface area contributed by atoms with Crippen molar-refractivity contribution in [2.45, 2.75) is 51.5 Å². The first kappa shape index (κ1) is 16.9. The van der Waals surface area contributed by atoms with Crippen molar-refractivity contribution in [3.8, 4) is 0 Å². The molecule has 0 heterocycles. The molecule has 0 saturated heterocycles. The van der Waals surface area contributed by atoms with Crippen LogP contribution in [0, 0.1) is 13.8 Å². The fraction of sp³-hybridized carbons (Fsp3) is 0.571. The first-order valence-corrected chi connectivity index (χ1v) is 8.29. The SMILES string of the molecule is CCC(CC)N(C)S(=O)(=O)c1c(C)cc(NN)cc1C. The van der Waals surface area contributed by atoms with Gasteiger partial charge in [-0.15, -0.1) is 0 Å². The predicted octanol–water partition coefficient (Wildman–Crippen LogP) is 2.40. The summed E-state index contributed by atoms with van der Waals surface area (Å²) in [6, 6.07) is 3.52. The van der Waals surface area contributed by atoms with Crippen molar-refractivity contribution in [1.82, 2.24) is 4.31 Å². The van der Waals surface area contributed by atoms with Crippen LogP contribution in [0.1, 0.15) is 37.8 Å². The van der Waals surface area contributed by atoms with Crippen LogP contribution in [-0.4, -0.2) is 25.8 Å². The normalized spacial score (nSPS) is 12.2. The molecule has 0 atom stereocenters. The first-order valence-electron chi connectivity index (χ1n) is 6.85. The molecule has 0 aromatic heterocycles. The molecule has 0 radical (unpaired) electrons. The lowest BCUT2D eigenvalue weighted by Gasteiger charge is -2.27. The highest BCUT2D eigenvalue weighted by Gasteiger charge is 2.29. The largest absolute Gasteiger partial charge is 0.324 e. The summed E-state index contributed by atoms with van der Waals surface area (Å²) in [5.74, 6) is 5.39. The molecule has 0 spiro atoms. The van der Waals surface area contributed by atoms with Gasteiger partial charge in [-0.2, -0.15) is 4.31 Å². The Morgan fingerprint density at radius 3 is 2.00 bits per heavy atom. The van der Waals surface area contributed by atoms with E-state index in [0.717, 1.165) is 12.8 Å². The van der Waals surface area contributed by atoms with Gasteiger partial charge < -0.3 is 5.43 Å². The predicted molar refractivity (Wildman–Crippen MR) is 83.0 cm³/mol. The van der Waals surface area contributed by atoms with E-state index in [9.17, 15) is 8.42 Å². The number of rotatable bonds is 6. The summed E-state index contributed by atoms with van der Waals surface area (Å²) in [7, 11) is -1.83. The van der Waals surface area contributed by atoms with E-state index in [1.165, 1.54) is 4.31 Å². The Morgan fingerprint density at radius 2 is 1.65 bits per heavy atom. The first-order chi connectivity index (χ1) is 9.29. The molecule has 1 aromatic carbocycles. The van der Waals surface area contributed by atoms with Crippen molar-refractivity contribution in [2.75, 3.05) is 12.5 Å². The third-order valence-electron chi connectivity index (χ3n) is 3.72. The van der Waals surface area contributed by atoms with E-state index < -0.39 is 10.0 Å². The minimum Gasteiger partial charge on any atom is -0.324 e. The highest BCUT2D eigenvalue weighted by molar-refractivity contribution is 7.89. The molecule has 1 aromatic rings. The number of hydrazine groups is 1. The lowest BCUT2D eigenvalue weighted by Crippen LogP contribution is -2.37. The molecule has 3 N–H and O–H groups in total. The number of nitrogens with one attached hydrogen (secondary N) is 1. The zero-order chi connectivity index (χ0) is 15.5. The average Bonchev–Trinajstić information content (AvgIpc) is 2.38. The van der Waals surface area contributed by atoms with Gasteiger partial charge in [-0.05, 0) is 49.9 Å². The maximum Gasteiger partial charge on any atom is 0.243 e. The van der Waals surface area contributed by atoms with Gasteiger partial charge >= 0.3 is 0 Å². The fourth-order valence-electron chi connectivity index (χ4n) is 2.58. The molecular formula is C14H25N3O2S. The summed E-state index contributed by atoms with van der Waals surface area (Å²) in [5, 5.41) is 0. The number of hydrogen-bond donors (Lipinski definition) is 2. The van der Waals surface area contributed by atoms with E-state index in [1.54, 1.807) is 33.0 Å². The minimum atomic E-state index is -3.48. The van der Waals surface area contributed by atoms with Crippen molar-refractivity contribution >= 4 is 15.7 Å². The maximum absolute atomic E-state index is 12.8. The lowest BCUT2D eigenvalue weighted by molar-refractivity contribution is 0.349. The number of aryl methyl sites for hydroxylation is 2. The Bertz CT molecular complexity index is 543. The van der Waals surface area contributed by atoms with E-state index in [-0.39, 0.29) is 6.04 Å². The van der Waals surface area contributed by atoms with Gasteiger partial charge in [-0.3, -0.25) is 5.84 Å². The van der Waals surface area contributed by atoms with Crippen molar-refractivity contribution < 1.29 is 8.42 Å². The fourth-order valence-corrected chi connectivity index (χ4v) is 4.49. The smallest absolute Gasteiger partial charge is 0.243 e. The van der Waals surface area contributed by atoms with Gasteiger partial charge in [0.25, 0.3) is 0 Å². The summed E-state index contributed by atoms with van der Waals surface area (Å²) in [6.07, 6.45) is 1.60. The standard InChI is InChI=1S/C14H25N3O2S/c1-6-13(7-2)17(5)20(18,19)14-10(3)8-12(16-15)9-11(14)4/h8-9,13,16H,6-7,15H2,1-5H3. The van der Waals surface area contributed by atoms with Crippen molar-refractivity contribution in [1.29, 1.82) is 0 Å². The van der Waals surface area contributed by atoms with Crippen LogP contribution in [0.4, 0.5) is 5.69 Å². The third-order valence-corrected chi connectivity index (χ3v) is 5.94. The monoisotopic (exact) mass is 299 g/mol. The van der Waals surface area contributed by atoms with E-state index in [0.29, 0.717) is 21.7 Å². The topological polar surface area (TPSA) is 75.4 Å². The summed E-state index contributed by atoms with van der Waals surface area (Å²) in [4.78, 5) is 0.380. The Labute approximate surface area is 122 Å². The molecule has 0 aliphatic heterocycles. The van der Waals surface area contributed by atoms with Gasteiger partial charge in [0.2, 0.25) is 10.0 Å². The van der Waals surface area contributed by atoms with Gasteiger partial charge in [0.05, 0.1) is 4.90 Å². The van der Waals surface area contributed by atoms with Gasteiger partial charge in [0.15, 0.2) is 0 Å². The molecule has 0 bridgehead atoms. The van der Waals surface area contributed by atoms with Gasteiger partial charge in [0, 0.05) is 18.8 Å². The lowest BCUT2D eigenvalue weighted by atomic mass is 10.1. The quantitative estimate of drug-likeness (QED) is 0.625. The molecular weight excluding hydrogens is 274 g/mol. The second-order valence-corrected chi connectivity index (χ2v) is 7.01. The molecule has 5 nitrogen and oxygen atoms in total. The van der Waals surface area contributed by atoms with Gasteiger partial charge in [0.1, 0.15) is 0 Å². The molecule has 0 unspecified atom stereocenters. The zero-order valence-electron chi connectivity index (χ0n) is 12.9. The van der Waals surface area contributed by atoms with Crippen molar-refractivity contribution in [3.05, 3.63) is 23.3 Å². The molecule has 1 rings (SSSR count). The Balaban J connectivity index is 3.36. The molecule has 0 amide bonds. The molecule has 0 aliphatic rings. The number of nitrogen functional groups attached to an aromatic ring is 1. The van der Waals surface area contributed by atoms with Crippen LogP contribution in [0.15, 0.2) is 17.0 Å². The van der Waals surface area contributed by atoms with E-state index in [1.807, 2.05) is 13.8 Å². The molecule has 0 saturated carbocycles. The molecule has 0 aliphatic carbocycles. The highest BCUT2D eigenvalue weighted by Crippen LogP contribution is 2.28. The van der Waals surface area contributed by atoms with Crippen LogP contribution >= 0.6 is 0 Å². The van der Waals surface area contributed by atoms with Gasteiger partial charge in [-0.1, -0.05) is 13.8 Å². The highest BCUT2D eigenvalue weighted by atomic mass is 32.2. The van der Waals surface area contributed by atoms with Crippen LogP contribution in [0.25, 0.3) is 0 Å². The van der Waals surface area contributed by atoms with Crippen LogP contribution in [0.2, 0.25) is 0 Å². The summed E-state index contributed by atoms with van der Waals surface area (Å²) >= 11 is 0. The van der Waals surface area contributed by atoms with Crippen LogP contribution < -0.4 is 11.3 Å². The van der Waals surface area contributed by atoms with E-state index in [2.05, 4.69) is 5.43 Å². The van der Waals surface area contributed by atoms with Crippen molar-refractivity contribution in [3.63, 3.8) is 0 Å². The second-order valence-electron chi connectivity index (χ2n) is 5.08. The average molecular weight is 299 g/mol. The number of hydrogen-bond acceptors (Lipinski definition) is 4. The van der Waals surface area contributed by atoms with Crippen LogP contribution in [-0.2, 0) is 10.0 Å². The number of anilines is 1. The molecule has 0 fully saturated rings. The number of nitrogens with zero attached hydrogens (tertiary/aromatic N) is 1. The Hall–Kier alpha value is -1.11. The molecule has 6 heteroatoms. The van der Waals surface area contributed by atoms with Crippen LogP contribution in [0.5, 0.6) is 0 Å². The van der Waals surface area contributed by atoms with Crippen molar-refractivity contribution in [2.24, 2.45) is 5.84 Å². The third kappa shape index (κ3) is 3.13. The summed E-state index contributed by atoms with van der Waals surface area (Å²) < 4.78 is 27.1. The summed E-state index contributed by atoms with van der Waals surface area (Å²) in [5.41, 5.74) is 4.67. The summed E-state index contributed by atoms with van der Waals surface area (Å²) in [6.45, 7) is 7.59. The minimum absolute atomic E-state index is 0.0195. The van der Waals surface area contributed by atoms with E-state index in [4.69, 9.17) is 5.84 Å².